The van der Waals surface area contributed by atoms with E-state index in [9.17, 15) is 4.79 Å². The van der Waals surface area contributed by atoms with Gasteiger partial charge in [0.15, 0.2) is 5.78 Å². The van der Waals surface area contributed by atoms with Gasteiger partial charge in [-0.15, -0.1) is 0 Å². The molecule has 0 amide bonds. The predicted octanol–water partition coefficient (Wildman–Crippen LogP) is 2.85. The van der Waals surface area contributed by atoms with Crippen molar-refractivity contribution in [1.29, 1.82) is 0 Å². The van der Waals surface area contributed by atoms with Gasteiger partial charge in [-0.3, -0.25) is 4.79 Å². The number of ketones is 1. The maximum atomic E-state index is 11.9. The Bertz CT molecular complexity index is 382. The average molecular weight is 204 g/mol. The molecule has 0 aliphatic heterocycles. The minimum atomic E-state index is 0.266. The molecule has 2 rings (SSSR count). The van der Waals surface area contributed by atoms with Crippen LogP contribution in [0.5, 0.6) is 5.75 Å². The lowest BCUT2D eigenvalue weighted by molar-refractivity contribution is 0.0946. The van der Waals surface area contributed by atoms with E-state index in [4.69, 9.17) is 4.74 Å². The number of fused-ring (bicyclic) bond motifs is 1. The second-order valence-corrected chi connectivity index (χ2v) is 4.09. The predicted molar refractivity (Wildman–Crippen MR) is 59.4 cm³/mol. The fraction of sp³-hybridized carbons (Fsp3) is 0.462. The minimum Gasteiger partial charge on any atom is -0.496 e. The lowest BCUT2D eigenvalue weighted by Crippen LogP contribution is -2.20. The molecule has 0 N–H and O–H groups in total. The average Bonchev–Trinajstić information content (AvgIpc) is 2.28. The Balaban J connectivity index is 2.45. The molecule has 0 spiro atoms. The first-order chi connectivity index (χ1) is 7.26. The van der Waals surface area contributed by atoms with Crippen LogP contribution < -0.4 is 4.74 Å². The quantitative estimate of drug-likeness (QED) is 0.740. The molecule has 15 heavy (non-hydrogen) atoms. The fourth-order valence-corrected chi connectivity index (χ4v) is 2.25. The molecule has 80 valence electrons. The molecule has 1 aromatic rings. The second-order valence-electron chi connectivity index (χ2n) is 4.09. The molecule has 0 saturated carbocycles. The summed E-state index contributed by atoms with van der Waals surface area (Å²) in [6.45, 7) is 2.14. The summed E-state index contributed by atoms with van der Waals surface area (Å²) in [7, 11) is 1.66. The smallest absolute Gasteiger partial charge is 0.163 e. The van der Waals surface area contributed by atoms with Crippen molar-refractivity contribution in [2.24, 2.45) is 5.92 Å². The monoisotopic (exact) mass is 204 g/mol. The Hall–Kier alpha value is -1.31. The molecule has 0 aromatic heterocycles. The van der Waals surface area contributed by atoms with E-state index in [1.54, 1.807) is 7.11 Å². The summed E-state index contributed by atoms with van der Waals surface area (Å²) >= 11 is 0. The van der Waals surface area contributed by atoms with Crippen molar-refractivity contribution in [3.8, 4) is 5.75 Å². The van der Waals surface area contributed by atoms with E-state index in [2.05, 4.69) is 6.92 Å². The van der Waals surface area contributed by atoms with E-state index in [-0.39, 0.29) is 5.78 Å². The third kappa shape index (κ3) is 1.76. The molecule has 1 aliphatic rings. The summed E-state index contributed by atoms with van der Waals surface area (Å²) in [5.41, 5.74) is 1.96. The Morgan fingerprint density at radius 2 is 2.20 bits per heavy atom. The van der Waals surface area contributed by atoms with Crippen LogP contribution in [0.4, 0.5) is 0 Å². The minimum absolute atomic E-state index is 0.266. The Morgan fingerprint density at radius 1 is 1.40 bits per heavy atom. The van der Waals surface area contributed by atoms with E-state index < -0.39 is 0 Å². The van der Waals surface area contributed by atoms with Gasteiger partial charge >= 0.3 is 0 Å². The molecule has 0 fully saturated rings. The van der Waals surface area contributed by atoms with Crippen molar-refractivity contribution >= 4 is 5.78 Å². The summed E-state index contributed by atoms with van der Waals surface area (Å²) < 4.78 is 5.30. The number of Topliss-reactive ketones (excluding diaryl/α,β-unsaturated/α-hetero) is 1. The molecule has 0 bridgehead atoms. The van der Waals surface area contributed by atoms with Gasteiger partial charge in [-0.05, 0) is 18.4 Å². The highest BCUT2D eigenvalue weighted by atomic mass is 16.5. The molecule has 1 unspecified atom stereocenters. The summed E-state index contributed by atoms with van der Waals surface area (Å²) in [6.07, 6.45) is 2.72. The third-order valence-electron chi connectivity index (χ3n) is 3.20. The van der Waals surface area contributed by atoms with Gasteiger partial charge in [-0.1, -0.05) is 25.5 Å². The zero-order valence-electron chi connectivity index (χ0n) is 9.25. The molecule has 0 heterocycles. The second kappa shape index (κ2) is 4.05. The fourth-order valence-electron chi connectivity index (χ4n) is 2.25. The summed E-state index contributed by atoms with van der Waals surface area (Å²) in [5.74, 6) is 1.61. The molecule has 2 nitrogen and oxygen atoms in total. The SMILES string of the molecule is CCC1CC(=O)c2cccc(OC)c2C1. The standard InChI is InChI=1S/C13H16O2/c1-3-9-7-11-10(12(14)8-9)5-4-6-13(11)15-2/h4-6,9H,3,7-8H2,1-2H3. The van der Waals surface area contributed by atoms with Crippen LogP contribution in [-0.4, -0.2) is 12.9 Å². The van der Waals surface area contributed by atoms with Crippen molar-refractivity contribution in [2.45, 2.75) is 26.2 Å². The van der Waals surface area contributed by atoms with Crippen LogP contribution in [-0.2, 0) is 6.42 Å². The van der Waals surface area contributed by atoms with Crippen LogP contribution in [0.2, 0.25) is 0 Å². The highest BCUT2D eigenvalue weighted by molar-refractivity contribution is 5.99. The zero-order chi connectivity index (χ0) is 10.8. The number of methoxy groups -OCH3 is 1. The molecule has 1 aromatic carbocycles. The maximum absolute atomic E-state index is 11.9. The van der Waals surface area contributed by atoms with Crippen LogP contribution in [0.15, 0.2) is 18.2 Å². The van der Waals surface area contributed by atoms with Crippen LogP contribution in [0, 0.1) is 5.92 Å². The highest BCUT2D eigenvalue weighted by Gasteiger charge is 2.25. The van der Waals surface area contributed by atoms with Gasteiger partial charge < -0.3 is 4.74 Å². The van der Waals surface area contributed by atoms with Gasteiger partial charge in [0.1, 0.15) is 5.75 Å². The number of rotatable bonds is 2. The van der Waals surface area contributed by atoms with Crippen molar-refractivity contribution in [3.63, 3.8) is 0 Å². The van der Waals surface area contributed by atoms with E-state index in [0.717, 1.165) is 29.7 Å². The van der Waals surface area contributed by atoms with Crippen molar-refractivity contribution in [3.05, 3.63) is 29.3 Å². The van der Waals surface area contributed by atoms with Gasteiger partial charge in [0.2, 0.25) is 0 Å². The van der Waals surface area contributed by atoms with Crippen LogP contribution in [0.25, 0.3) is 0 Å². The molecular formula is C13H16O2. The zero-order valence-corrected chi connectivity index (χ0v) is 9.25. The Labute approximate surface area is 90.3 Å². The van der Waals surface area contributed by atoms with E-state index in [0.29, 0.717) is 12.3 Å². The maximum Gasteiger partial charge on any atom is 0.163 e. The lowest BCUT2D eigenvalue weighted by Gasteiger charge is -2.24. The molecule has 1 atom stereocenters. The van der Waals surface area contributed by atoms with Crippen molar-refractivity contribution in [1.82, 2.24) is 0 Å². The normalized spacial score (nSPS) is 19.9. The van der Waals surface area contributed by atoms with E-state index in [1.807, 2.05) is 18.2 Å². The van der Waals surface area contributed by atoms with Crippen LogP contribution >= 0.6 is 0 Å². The van der Waals surface area contributed by atoms with Gasteiger partial charge in [0, 0.05) is 17.5 Å². The first kappa shape index (κ1) is 10.2. The van der Waals surface area contributed by atoms with Gasteiger partial charge in [-0.25, -0.2) is 0 Å². The molecule has 0 radical (unpaired) electrons. The lowest BCUT2D eigenvalue weighted by atomic mass is 9.81. The number of carbonyl (C=O) groups is 1. The van der Waals surface area contributed by atoms with E-state index >= 15 is 0 Å². The Morgan fingerprint density at radius 3 is 2.87 bits per heavy atom. The molecular weight excluding hydrogens is 188 g/mol. The Kier molecular flexibility index (Phi) is 2.76. The number of hydrogen-bond donors (Lipinski definition) is 0. The van der Waals surface area contributed by atoms with Gasteiger partial charge in [0.05, 0.1) is 7.11 Å². The van der Waals surface area contributed by atoms with Gasteiger partial charge in [0.25, 0.3) is 0 Å². The first-order valence-electron chi connectivity index (χ1n) is 5.45. The topological polar surface area (TPSA) is 26.3 Å². The van der Waals surface area contributed by atoms with Crippen molar-refractivity contribution in [2.75, 3.05) is 7.11 Å². The molecule has 1 aliphatic carbocycles. The largest absolute Gasteiger partial charge is 0.496 e. The number of ether oxygens (including phenoxy) is 1. The van der Waals surface area contributed by atoms with Crippen molar-refractivity contribution < 1.29 is 9.53 Å². The third-order valence-corrected chi connectivity index (χ3v) is 3.20. The highest BCUT2D eigenvalue weighted by Crippen LogP contribution is 2.33. The van der Waals surface area contributed by atoms with Gasteiger partial charge in [-0.2, -0.15) is 0 Å². The number of carbonyl (C=O) groups excluding carboxylic acids is 1. The van der Waals surface area contributed by atoms with Crippen LogP contribution in [0.3, 0.4) is 0 Å². The first-order valence-corrected chi connectivity index (χ1v) is 5.45. The number of hydrogen-bond acceptors (Lipinski definition) is 2. The van der Waals surface area contributed by atoms with E-state index in [1.165, 1.54) is 0 Å². The summed E-state index contributed by atoms with van der Waals surface area (Å²) in [5, 5.41) is 0. The van der Waals surface area contributed by atoms with Crippen LogP contribution in [0.1, 0.15) is 35.7 Å². The molecule has 2 heteroatoms. The number of benzene rings is 1. The summed E-state index contributed by atoms with van der Waals surface area (Å²) in [6, 6.07) is 5.73. The molecule has 0 saturated heterocycles. The summed E-state index contributed by atoms with van der Waals surface area (Å²) in [4.78, 5) is 11.9.